The van der Waals surface area contributed by atoms with Crippen molar-refractivity contribution in [2.45, 2.75) is 13.3 Å². The first-order valence-electron chi connectivity index (χ1n) is 5.43. The summed E-state index contributed by atoms with van der Waals surface area (Å²) in [5.74, 6) is 0.107. The van der Waals surface area contributed by atoms with Crippen LogP contribution in [0.15, 0.2) is 12.4 Å². The van der Waals surface area contributed by atoms with Crippen LogP contribution in [-0.4, -0.2) is 32.7 Å². The number of aryl methyl sites for hydroxylation is 1. The van der Waals surface area contributed by atoms with Gasteiger partial charge in [-0.25, -0.2) is 14.5 Å². The van der Waals surface area contributed by atoms with Crippen LogP contribution in [0.1, 0.15) is 15.7 Å². The maximum atomic E-state index is 11.3. The first-order chi connectivity index (χ1) is 9.40. The van der Waals surface area contributed by atoms with Crippen LogP contribution in [0.5, 0.6) is 0 Å². The third-order valence-corrected chi connectivity index (χ3v) is 4.47. The minimum absolute atomic E-state index is 0.0343. The Bertz CT molecular complexity index is 795. The lowest BCUT2D eigenvalue weighted by Gasteiger charge is -1.98. The lowest BCUT2D eigenvalue weighted by molar-refractivity contribution is -0.391. The molecule has 0 spiro atoms. The summed E-state index contributed by atoms with van der Waals surface area (Å²) in [6.45, 7) is 1.82. The molecule has 10 heteroatoms. The average Bonchev–Trinajstić information content (AvgIpc) is 2.92. The van der Waals surface area contributed by atoms with Gasteiger partial charge in [0.05, 0.1) is 13.5 Å². The number of rotatable bonds is 4. The molecule has 0 aliphatic carbocycles. The maximum absolute atomic E-state index is 11.3. The van der Waals surface area contributed by atoms with Crippen molar-refractivity contribution >= 4 is 32.3 Å². The first kappa shape index (κ1) is 14.3. The second kappa shape index (κ2) is 5.51. The fourth-order valence-corrected chi connectivity index (χ4v) is 3.08. The van der Waals surface area contributed by atoms with Crippen LogP contribution in [0.3, 0.4) is 0 Å². The number of nitro groups is 1. The van der Waals surface area contributed by atoms with Gasteiger partial charge in [-0.15, -0.1) is 11.3 Å². The van der Waals surface area contributed by atoms with Gasteiger partial charge in [0.2, 0.25) is 16.1 Å². The summed E-state index contributed by atoms with van der Waals surface area (Å²) in [6.07, 6.45) is 2.65. The molecule has 2 heterocycles. The van der Waals surface area contributed by atoms with Gasteiger partial charge in [-0.2, -0.15) is 8.42 Å². The van der Waals surface area contributed by atoms with Gasteiger partial charge in [-0.3, -0.25) is 0 Å². The van der Waals surface area contributed by atoms with Crippen LogP contribution in [0, 0.1) is 17.0 Å². The molecule has 0 saturated carbocycles. The molecular weight excluding hydrogens is 304 g/mol. The second-order valence-corrected chi connectivity index (χ2v) is 6.16. The fourth-order valence-electron chi connectivity index (χ4n) is 1.60. The van der Waals surface area contributed by atoms with Gasteiger partial charge in [0.15, 0.2) is 0 Å². The highest BCUT2D eigenvalue weighted by Crippen LogP contribution is 2.17. The summed E-state index contributed by atoms with van der Waals surface area (Å²) in [5, 5.41) is 11.1. The molecule has 0 saturated heterocycles. The van der Waals surface area contributed by atoms with Crippen molar-refractivity contribution in [3.63, 3.8) is 0 Å². The SMILES string of the molecule is Cc1cnc(C(Cc2ncc([N+](=O)[O-])n2C)=S(=O)=O)s1. The van der Waals surface area contributed by atoms with Crippen molar-refractivity contribution in [1.82, 2.24) is 14.5 Å². The van der Waals surface area contributed by atoms with E-state index in [1.54, 1.807) is 6.20 Å². The van der Waals surface area contributed by atoms with Gasteiger partial charge in [0.1, 0.15) is 16.1 Å². The number of aromatic nitrogens is 3. The highest BCUT2D eigenvalue weighted by atomic mass is 32.2. The summed E-state index contributed by atoms with van der Waals surface area (Å²) >= 11 is 1.25. The number of hydrogen-bond acceptors (Lipinski definition) is 7. The van der Waals surface area contributed by atoms with Crippen molar-refractivity contribution in [3.05, 3.63) is 38.2 Å². The minimum atomic E-state index is -2.46. The maximum Gasteiger partial charge on any atom is 0.342 e. The van der Waals surface area contributed by atoms with Crippen molar-refractivity contribution in [2.75, 3.05) is 0 Å². The molecule has 20 heavy (non-hydrogen) atoms. The zero-order valence-corrected chi connectivity index (χ0v) is 12.2. The molecule has 0 aliphatic rings. The van der Waals surface area contributed by atoms with E-state index in [9.17, 15) is 18.5 Å². The zero-order valence-electron chi connectivity index (χ0n) is 10.6. The molecule has 2 aromatic rings. The molecule has 0 aromatic carbocycles. The molecule has 0 bridgehead atoms. The van der Waals surface area contributed by atoms with Crippen molar-refractivity contribution < 1.29 is 13.3 Å². The van der Waals surface area contributed by atoms with E-state index in [1.165, 1.54) is 23.0 Å². The first-order valence-corrected chi connectivity index (χ1v) is 7.32. The Morgan fingerprint density at radius 3 is 2.60 bits per heavy atom. The summed E-state index contributed by atoms with van der Waals surface area (Å²) < 4.78 is 23.9. The van der Waals surface area contributed by atoms with Gasteiger partial charge in [-0.1, -0.05) is 0 Å². The van der Waals surface area contributed by atoms with Crippen molar-refractivity contribution in [1.29, 1.82) is 0 Å². The van der Waals surface area contributed by atoms with Gasteiger partial charge < -0.3 is 10.1 Å². The standard InChI is InChI=1S/C10H10N4O4S2/c1-6-4-12-10(19-6)7(20(17)18)3-8-11-5-9(13(8)2)14(15)16/h4-5H,3H2,1-2H3. The number of hydrogen-bond donors (Lipinski definition) is 0. The third kappa shape index (κ3) is 2.75. The fraction of sp³-hybridized carbons (Fsp3) is 0.300. The molecule has 0 amide bonds. The normalized spacial score (nSPS) is 10.5. The van der Waals surface area contributed by atoms with Crippen LogP contribution >= 0.6 is 11.3 Å². The highest BCUT2D eigenvalue weighted by molar-refractivity contribution is 7.73. The number of imidazole rings is 1. The summed E-state index contributed by atoms with van der Waals surface area (Å²) in [5.41, 5.74) is 0. The van der Waals surface area contributed by atoms with Gasteiger partial charge >= 0.3 is 5.82 Å². The molecular formula is C10H10N4O4S2. The van der Waals surface area contributed by atoms with Crippen LogP contribution in [0.25, 0.3) is 0 Å². The predicted octanol–water partition coefficient (Wildman–Crippen LogP) is 0.736. The molecule has 0 aliphatic heterocycles. The van der Waals surface area contributed by atoms with Crippen LogP contribution < -0.4 is 0 Å². The molecule has 2 aromatic heterocycles. The summed E-state index contributed by atoms with van der Waals surface area (Å²) in [6, 6.07) is 0. The number of nitrogens with zero attached hydrogens (tertiary/aromatic N) is 4. The lowest BCUT2D eigenvalue weighted by Crippen LogP contribution is -2.11. The molecule has 0 fully saturated rings. The summed E-state index contributed by atoms with van der Waals surface area (Å²) in [7, 11) is -0.989. The van der Waals surface area contributed by atoms with E-state index in [2.05, 4.69) is 9.97 Å². The molecule has 2 rings (SSSR count). The van der Waals surface area contributed by atoms with E-state index in [0.717, 1.165) is 11.1 Å². The lowest BCUT2D eigenvalue weighted by atomic mass is 10.3. The van der Waals surface area contributed by atoms with Crippen LogP contribution in [-0.2, 0) is 23.8 Å². The zero-order chi connectivity index (χ0) is 14.9. The Balaban J connectivity index is 2.41. The minimum Gasteiger partial charge on any atom is -0.358 e. The summed E-state index contributed by atoms with van der Waals surface area (Å²) in [4.78, 5) is 19.0. The second-order valence-electron chi connectivity index (χ2n) is 3.96. The third-order valence-electron chi connectivity index (χ3n) is 2.63. The van der Waals surface area contributed by atoms with E-state index < -0.39 is 15.2 Å². The smallest absolute Gasteiger partial charge is 0.342 e. The molecule has 8 nitrogen and oxygen atoms in total. The van der Waals surface area contributed by atoms with Gasteiger partial charge in [0.25, 0.3) is 0 Å². The van der Waals surface area contributed by atoms with Gasteiger partial charge in [0, 0.05) is 11.1 Å². The average molecular weight is 314 g/mol. The largest absolute Gasteiger partial charge is 0.358 e. The van der Waals surface area contributed by atoms with Crippen LogP contribution in [0.4, 0.5) is 5.82 Å². The predicted molar refractivity (Wildman–Crippen MR) is 73.4 cm³/mol. The van der Waals surface area contributed by atoms with Crippen molar-refractivity contribution in [2.24, 2.45) is 7.05 Å². The Hall–Kier alpha value is -2.07. The quantitative estimate of drug-likeness (QED) is 0.356. The molecule has 0 atom stereocenters. The van der Waals surface area contributed by atoms with Crippen LogP contribution in [0.2, 0.25) is 0 Å². The van der Waals surface area contributed by atoms with Gasteiger partial charge in [-0.05, 0) is 11.8 Å². The monoisotopic (exact) mass is 314 g/mol. The molecule has 0 radical (unpaired) electrons. The molecule has 106 valence electrons. The topological polar surface area (TPSA) is 108 Å². The molecule has 0 N–H and O–H groups in total. The van der Waals surface area contributed by atoms with E-state index in [0.29, 0.717) is 10.8 Å². The number of thiazole rings is 1. The Morgan fingerprint density at radius 1 is 1.45 bits per heavy atom. The Labute approximate surface area is 119 Å². The van der Waals surface area contributed by atoms with E-state index in [1.807, 2.05) is 6.92 Å². The Morgan fingerprint density at radius 2 is 2.15 bits per heavy atom. The molecule has 0 unspecified atom stereocenters. The Kier molecular flexibility index (Phi) is 3.95. The van der Waals surface area contributed by atoms with Crippen molar-refractivity contribution in [3.8, 4) is 0 Å². The van der Waals surface area contributed by atoms with E-state index in [-0.39, 0.29) is 17.1 Å². The van der Waals surface area contributed by atoms with E-state index in [4.69, 9.17) is 0 Å². The highest BCUT2D eigenvalue weighted by Gasteiger charge is 2.20. The van der Waals surface area contributed by atoms with E-state index >= 15 is 0 Å².